The van der Waals surface area contributed by atoms with Crippen LogP contribution in [0.3, 0.4) is 0 Å². The van der Waals surface area contributed by atoms with Gasteiger partial charge >= 0.3 is 6.03 Å². The fourth-order valence-electron chi connectivity index (χ4n) is 3.50. The summed E-state index contributed by atoms with van der Waals surface area (Å²) in [5, 5.41) is 6.71. The first-order chi connectivity index (χ1) is 8.25. The van der Waals surface area contributed by atoms with E-state index in [9.17, 15) is 4.79 Å². The van der Waals surface area contributed by atoms with Crippen LogP contribution in [0.15, 0.2) is 0 Å². The summed E-state index contributed by atoms with van der Waals surface area (Å²) < 4.78 is 0. The maximum absolute atomic E-state index is 12.1. The Morgan fingerprint density at radius 3 is 2.71 bits per heavy atom. The number of carbonyl (C=O) groups excluding carboxylic acids is 1. The summed E-state index contributed by atoms with van der Waals surface area (Å²) in [5.41, 5.74) is 0. The molecule has 2 aliphatic heterocycles. The highest BCUT2D eigenvalue weighted by molar-refractivity contribution is 6.20. The van der Waals surface area contributed by atoms with Crippen LogP contribution in [0.1, 0.15) is 32.1 Å². The number of amides is 2. The Kier molecular flexibility index (Phi) is 3.17. The Morgan fingerprint density at radius 2 is 1.94 bits per heavy atom. The molecule has 0 aromatic heterocycles. The SMILES string of the molecule is O=C1NC2CC(Cl)CCC2N1C1CCNCC1. The smallest absolute Gasteiger partial charge is 0.318 e. The van der Waals surface area contributed by atoms with E-state index >= 15 is 0 Å². The Balaban J connectivity index is 1.73. The molecular formula is C12H20ClN3O. The molecule has 5 heteroatoms. The molecule has 3 fully saturated rings. The fraction of sp³-hybridized carbons (Fsp3) is 0.917. The van der Waals surface area contributed by atoms with Crippen LogP contribution >= 0.6 is 11.6 Å². The predicted molar refractivity (Wildman–Crippen MR) is 67.3 cm³/mol. The van der Waals surface area contributed by atoms with Crippen LogP contribution in [0.25, 0.3) is 0 Å². The maximum atomic E-state index is 12.1. The summed E-state index contributed by atoms with van der Waals surface area (Å²) in [6.45, 7) is 2.06. The summed E-state index contributed by atoms with van der Waals surface area (Å²) in [6.07, 6.45) is 5.20. The molecule has 0 spiro atoms. The Morgan fingerprint density at radius 1 is 1.18 bits per heavy atom. The minimum Gasteiger partial charge on any atom is -0.333 e. The van der Waals surface area contributed by atoms with E-state index in [-0.39, 0.29) is 17.5 Å². The van der Waals surface area contributed by atoms with Crippen LogP contribution in [0.5, 0.6) is 0 Å². The number of carbonyl (C=O) groups is 1. The molecule has 3 unspecified atom stereocenters. The lowest BCUT2D eigenvalue weighted by atomic mass is 9.89. The zero-order valence-corrected chi connectivity index (χ0v) is 10.7. The summed E-state index contributed by atoms with van der Waals surface area (Å²) in [6, 6.07) is 1.24. The number of hydrogen-bond acceptors (Lipinski definition) is 2. The number of piperidine rings is 1. The van der Waals surface area contributed by atoms with Crippen LogP contribution in [-0.2, 0) is 0 Å². The lowest BCUT2D eigenvalue weighted by molar-refractivity contribution is 0.138. The molecule has 0 bridgehead atoms. The molecule has 3 atom stereocenters. The van der Waals surface area contributed by atoms with E-state index < -0.39 is 0 Å². The van der Waals surface area contributed by atoms with Crippen molar-refractivity contribution >= 4 is 17.6 Å². The minimum absolute atomic E-state index is 0.137. The summed E-state index contributed by atoms with van der Waals surface area (Å²) in [4.78, 5) is 14.2. The van der Waals surface area contributed by atoms with Crippen LogP contribution in [0.2, 0.25) is 0 Å². The molecule has 2 N–H and O–H groups in total. The van der Waals surface area contributed by atoms with Crippen molar-refractivity contribution < 1.29 is 4.79 Å². The Labute approximate surface area is 107 Å². The molecule has 2 heterocycles. The third-order valence-electron chi connectivity index (χ3n) is 4.35. The summed E-state index contributed by atoms with van der Waals surface area (Å²) in [7, 11) is 0. The minimum atomic E-state index is 0.137. The van der Waals surface area contributed by atoms with E-state index in [0.29, 0.717) is 12.1 Å². The first kappa shape index (κ1) is 11.6. The number of urea groups is 1. The molecule has 17 heavy (non-hydrogen) atoms. The van der Waals surface area contributed by atoms with Crippen molar-refractivity contribution in [3.63, 3.8) is 0 Å². The third-order valence-corrected chi connectivity index (χ3v) is 4.75. The number of halogens is 1. The van der Waals surface area contributed by atoms with E-state index in [2.05, 4.69) is 15.5 Å². The highest BCUT2D eigenvalue weighted by Gasteiger charge is 2.45. The predicted octanol–water partition coefficient (Wildman–Crippen LogP) is 1.29. The van der Waals surface area contributed by atoms with Crippen molar-refractivity contribution in [2.75, 3.05) is 13.1 Å². The zero-order chi connectivity index (χ0) is 11.8. The van der Waals surface area contributed by atoms with Crippen molar-refractivity contribution in [2.45, 2.75) is 55.6 Å². The first-order valence-electron chi connectivity index (χ1n) is 6.69. The fourth-order valence-corrected chi connectivity index (χ4v) is 3.81. The molecule has 0 aromatic rings. The lowest BCUT2D eigenvalue weighted by Crippen LogP contribution is -2.49. The molecule has 0 radical (unpaired) electrons. The van der Waals surface area contributed by atoms with E-state index in [4.69, 9.17) is 11.6 Å². The van der Waals surface area contributed by atoms with Gasteiger partial charge < -0.3 is 15.5 Å². The monoisotopic (exact) mass is 257 g/mol. The highest BCUT2D eigenvalue weighted by atomic mass is 35.5. The molecule has 0 aromatic carbocycles. The number of fused-ring (bicyclic) bond motifs is 1. The van der Waals surface area contributed by atoms with Crippen molar-refractivity contribution in [3.8, 4) is 0 Å². The average molecular weight is 258 g/mol. The second kappa shape index (κ2) is 4.65. The van der Waals surface area contributed by atoms with Crippen LogP contribution < -0.4 is 10.6 Å². The molecule has 3 rings (SSSR count). The van der Waals surface area contributed by atoms with E-state index in [1.807, 2.05) is 0 Å². The average Bonchev–Trinajstić information content (AvgIpc) is 2.65. The lowest BCUT2D eigenvalue weighted by Gasteiger charge is -2.38. The van der Waals surface area contributed by atoms with E-state index in [1.165, 1.54) is 0 Å². The Bertz CT molecular complexity index is 306. The van der Waals surface area contributed by atoms with Gasteiger partial charge in [-0.05, 0) is 45.2 Å². The van der Waals surface area contributed by atoms with Gasteiger partial charge in [0.1, 0.15) is 0 Å². The van der Waals surface area contributed by atoms with Gasteiger partial charge in [-0.1, -0.05) is 0 Å². The zero-order valence-electron chi connectivity index (χ0n) is 9.99. The number of nitrogens with zero attached hydrogens (tertiary/aromatic N) is 1. The summed E-state index contributed by atoms with van der Waals surface area (Å²) >= 11 is 6.18. The topological polar surface area (TPSA) is 44.4 Å². The van der Waals surface area contributed by atoms with E-state index in [1.54, 1.807) is 0 Å². The van der Waals surface area contributed by atoms with Crippen LogP contribution in [-0.4, -0.2) is 47.5 Å². The second-order valence-electron chi connectivity index (χ2n) is 5.42. The number of hydrogen-bond donors (Lipinski definition) is 2. The summed E-state index contributed by atoms with van der Waals surface area (Å²) in [5.74, 6) is 0. The van der Waals surface area contributed by atoms with Crippen molar-refractivity contribution in [2.24, 2.45) is 0 Å². The van der Waals surface area contributed by atoms with Gasteiger partial charge in [-0.3, -0.25) is 0 Å². The number of rotatable bonds is 1. The van der Waals surface area contributed by atoms with Crippen molar-refractivity contribution in [1.82, 2.24) is 15.5 Å². The van der Waals surface area contributed by atoms with Gasteiger partial charge in [-0.2, -0.15) is 0 Å². The number of nitrogens with one attached hydrogen (secondary N) is 2. The molecule has 2 saturated heterocycles. The number of alkyl halides is 1. The molecule has 1 saturated carbocycles. The van der Waals surface area contributed by atoms with Crippen LogP contribution in [0, 0.1) is 0 Å². The molecule has 96 valence electrons. The molecule has 4 nitrogen and oxygen atoms in total. The highest BCUT2D eigenvalue weighted by Crippen LogP contribution is 2.33. The third kappa shape index (κ3) is 2.13. The maximum Gasteiger partial charge on any atom is 0.318 e. The largest absolute Gasteiger partial charge is 0.333 e. The molecule has 2 amide bonds. The normalized spacial score (nSPS) is 39.0. The van der Waals surface area contributed by atoms with Gasteiger partial charge in [-0.15, -0.1) is 11.6 Å². The Hall–Kier alpha value is -0.480. The molecule has 3 aliphatic rings. The molecule has 1 aliphatic carbocycles. The quantitative estimate of drug-likeness (QED) is 0.696. The van der Waals surface area contributed by atoms with Gasteiger partial charge in [0, 0.05) is 11.4 Å². The standard InChI is InChI=1S/C12H20ClN3O/c13-8-1-2-11-10(7-8)15-12(17)16(11)9-3-5-14-6-4-9/h8-11,14H,1-7H2,(H,15,17). The van der Waals surface area contributed by atoms with Gasteiger partial charge in [0.2, 0.25) is 0 Å². The molecular weight excluding hydrogens is 238 g/mol. The first-order valence-corrected chi connectivity index (χ1v) is 7.13. The van der Waals surface area contributed by atoms with Crippen molar-refractivity contribution in [1.29, 1.82) is 0 Å². The second-order valence-corrected chi connectivity index (χ2v) is 6.04. The van der Waals surface area contributed by atoms with Gasteiger partial charge in [-0.25, -0.2) is 4.79 Å². The van der Waals surface area contributed by atoms with E-state index in [0.717, 1.165) is 45.2 Å². The van der Waals surface area contributed by atoms with Gasteiger partial charge in [0.15, 0.2) is 0 Å². The van der Waals surface area contributed by atoms with Gasteiger partial charge in [0.05, 0.1) is 12.1 Å². The van der Waals surface area contributed by atoms with Crippen molar-refractivity contribution in [3.05, 3.63) is 0 Å². The van der Waals surface area contributed by atoms with Gasteiger partial charge in [0.25, 0.3) is 0 Å². The van der Waals surface area contributed by atoms with Crippen LogP contribution in [0.4, 0.5) is 4.79 Å².